The van der Waals surface area contributed by atoms with E-state index in [9.17, 15) is 0 Å². The normalized spacial score (nSPS) is 13.8. The van der Waals surface area contributed by atoms with Crippen LogP contribution in [-0.2, 0) is 11.3 Å². The highest BCUT2D eigenvalue weighted by Gasteiger charge is 2.15. The summed E-state index contributed by atoms with van der Waals surface area (Å²) in [5.74, 6) is 1.64. The molecule has 0 saturated heterocycles. The lowest BCUT2D eigenvalue weighted by Crippen LogP contribution is -2.19. The average Bonchev–Trinajstić information content (AvgIpc) is 2.42. The number of benzene rings is 1. The maximum atomic E-state index is 5.61. The van der Waals surface area contributed by atoms with Crippen LogP contribution in [0.15, 0.2) is 16.6 Å². The summed E-state index contributed by atoms with van der Waals surface area (Å²) in [5, 5.41) is 3.41. The summed E-state index contributed by atoms with van der Waals surface area (Å²) in [7, 11) is 0. The predicted octanol–water partition coefficient (Wildman–Crippen LogP) is 3.13. The van der Waals surface area contributed by atoms with Gasteiger partial charge in [-0.25, -0.2) is 0 Å². The number of nitrogens with one attached hydrogen (secondary N) is 1. The van der Waals surface area contributed by atoms with Gasteiger partial charge in [0.2, 0.25) is 0 Å². The molecule has 1 aliphatic rings. The Bertz CT molecular complexity index is 437. The summed E-state index contributed by atoms with van der Waals surface area (Å²) in [5.41, 5.74) is 1.19. The molecule has 5 heteroatoms. The lowest BCUT2D eigenvalue weighted by Gasteiger charge is -2.20. The van der Waals surface area contributed by atoms with Crippen LogP contribution in [0, 0.1) is 0 Å². The highest BCUT2D eigenvalue weighted by atomic mass is 79.9. The summed E-state index contributed by atoms with van der Waals surface area (Å²) in [6.45, 7) is 7.90. The van der Waals surface area contributed by atoms with Crippen molar-refractivity contribution < 1.29 is 14.2 Å². The first-order valence-corrected chi connectivity index (χ1v) is 7.86. The molecule has 0 aliphatic carbocycles. The molecule has 1 aromatic carbocycles. The van der Waals surface area contributed by atoms with E-state index in [1.54, 1.807) is 0 Å². The summed E-state index contributed by atoms with van der Waals surface area (Å²) < 4.78 is 17.7. The van der Waals surface area contributed by atoms with Crippen LogP contribution in [0.1, 0.15) is 25.8 Å². The molecule has 20 heavy (non-hydrogen) atoms. The molecule has 0 radical (unpaired) electrons. The SMILES string of the molecule is CC(C)OCCCNCc1cc(Br)c2c(c1)OCCO2. The molecule has 0 spiro atoms. The van der Waals surface area contributed by atoms with E-state index in [0.29, 0.717) is 19.3 Å². The number of fused-ring (bicyclic) bond motifs is 1. The molecular formula is C15H22BrNO3. The second kappa shape index (κ2) is 7.86. The fraction of sp³-hybridized carbons (Fsp3) is 0.600. The monoisotopic (exact) mass is 343 g/mol. The second-order valence-electron chi connectivity index (χ2n) is 5.05. The zero-order valence-corrected chi connectivity index (χ0v) is 13.7. The van der Waals surface area contributed by atoms with Crippen LogP contribution >= 0.6 is 15.9 Å². The van der Waals surface area contributed by atoms with E-state index in [4.69, 9.17) is 14.2 Å². The fourth-order valence-electron chi connectivity index (χ4n) is 2.02. The number of ether oxygens (including phenoxy) is 3. The van der Waals surface area contributed by atoms with Gasteiger partial charge in [0.1, 0.15) is 13.2 Å². The smallest absolute Gasteiger partial charge is 0.175 e. The van der Waals surface area contributed by atoms with Gasteiger partial charge in [-0.2, -0.15) is 0 Å². The van der Waals surface area contributed by atoms with Crippen molar-refractivity contribution in [2.45, 2.75) is 32.9 Å². The quantitative estimate of drug-likeness (QED) is 0.772. The van der Waals surface area contributed by atoms with Gasteiger partial charge in [0, 0.05) is 13.2 Å². The summed E-state index contributed by atoms with van der Waals surface area (Å²) >= 11 is 3.53. The second-order valence-corrected chi connectivity index (χ2v) is 5.91. The van der Waals surface area contributed by atoms with Gasteiger partial charge in [-0.1, -0.05) is 0 Å². The highest BCUT2D eigenvalue weighted by Crippen LogP contribution is 2.38. The van der Waals surface area contributed by atoms with Crippen LogP contribution in [0.3, 0.4) is 0 Å². The van der Waals surface area contributed by atoms with Crippen molar-refractivity contribution in [1.29, 1.82) is 0 Å². The van der Waals surface area contributed by atoms with Crippen LogP contribution in [0.2, 0.25) is 0 Å². The minimum Gasteiger partial charge on any atom is -0.486 e. The lowest BCUT2D eigenvalue weighted by molar-refractivity contribution is 0.0770. The van der Waals surface area contributed by atoms with Gasteiger partial charge in [-0.05, 0) is 60.4 Å². The predicted molar refractivity (Wildman–Crippen MR) is 82.5 cm³/mol. The van der Waals surface area contributed by atoms with E-state index in [0.717, 1.165) is 42.1 Å². The van der Waals surface area contributed by atoms with Gasteiger partial charge in [0.25, 0.3) is 0 Å². The van der Waals surface area contributed by atoms with Crippen molar-refractivity contribution in [1.82, 2.24) is 5.32 Å². The van der Waals surface area contributed by atoms with Crippen LogP contribution in [0.4, 0.5) is 0 Å². The number of rotatable bonds is 7. The molecule has 0 bridgehead atoms. The third-order valence-corrected chi connectivity index (χ3v) is 3.52. The lowest BCUT2D eigenvalue weighted by atomic mass is 10.2. The summed E-state index contributed by atoms with van der Waals surface area (Å²) in [4.78, 5) is 0. The van der Waals surface area contributed by atoms with E-state index in [2.05, 4.69) is 41.2 Å². The highest BCUT2D eigenvalue weighted by molar-refractivity contribution is 9.10. The van der Waals surface area contributed by atoms with Gasteiger partial charge in [-0.15, -0.1) is 0 Å². The van der Waals surface area contributed by atoms with Crippen LogP contribution in [0.25, 0.3) is 0 Å². The molecule has 0 fully saturated rings. The van der Waals surface area contributed by atoms with Crippen LogP contribution in [-0.4, -0.2) is 32.5 Å². The Balaban J connectivity index is 1.77. The molecule has 2 rings (SSSR count). The van der Waals surface area contributed by atoms with E-state index < -0.39 is 0 Å². The molecule has 1 aromatic rings. The van der Waals surface area contributed by atoms with E-state index in [1.807, 2.05) is 6.07 Å². The van der Waals surface area contributed by atoms with E-state index in [-0.39, 0.29) is 0 Å². The summed E-state index contributed by atoms with van der Waals surface area (Å²) in [6, 6.07) is 4.11. The van der Waals surface area contributed by atoms with Crippen molar-refractivity contribution >= 4 is 15.9 Å². The van der Waals surface area contributed by atoms with Gasteiger partial charge < -0.3 is 19.5 Å². The third-order valence-electron chi connectivity index (χ3n) is 2.93. The largest absolute Gasteiger partial charge is 0.486 e. The Kier molecular flexibility index (Phi) is 6.13. The molecule has 4 nitrogen and oxygen atoms in total. The molecule has 0 saturated carbocycles. The van der Waals surface area contributed by atoms with Crippen molar-refractivity contribution in [3.05, 3.63) is 22.2 Å². The number of hydrogen-bond acceptors (Lipinski definition) is 4. The first-order valence-electron chi connectivity index (χ1n) is 7.07. The van der Waals surface area contributed by atoms with Crippen LogP contribution in [0.5, 0.6) is 11.5 Å². The zero-order valence-electron chi connectivity index (χ0n) is 12.1. The minimum absolute atomic E-state index is 0.309. The van der Waals surface area contributed by atoms with Gasteiger partial charge in [0.15, 0.2) is 11.5 Å². The Morgan fingerprint density at radius 3 is 2.90 bits per heavy atom. The van der Waals surface area contributed by atoms with Crippen molar-refractivity contribution in [3.8, 4) is 11.5 Å². The van der Waals surface area contributed by atoms with Gasteiger partial charge in [-0.3, -0.25) is 0 Å². The molecule has 1 aliphatic heterocycles. The third kappa shape index (κ3) is 4.65. The Morgan fingerprint density at radius 2 is 2.10 bits per heavy atom. The topological polar surface area (TPSA) is 39.7 Å². The first-order chi connectivity index (χ1) is 9.66. The standard InChI is InChI=1S/C15H22BrNO3/c1-11(2)18-5-3-4-17-10-12-8-13(16)15-14(9-12)19-6-7-20-15/h8-9,11,17H,3-7,10H2,1-2H3. The van der Waals surface area contributed by atoms with E-state index in [1.165, 1.54) is 5.56 Å². The van der Waals surface area contributed by atoms with Gasteiger partial charge >= 0.3 is 0 Å². The first kappa shape index (κ1) is 15.6. The molecular weight excluding hydrogens is 322 g/mol. The van der Waals surface area contributed by atoms with Crippen molar-refractivity contribution in [2.75, 3.05) is 26.4 Å². The maximum Gasteiger partial charge on any atom is 0.175 e. The Morgan fingerprint density at radius 1 is 1.30 bits per heavy atom. The molecule has 1 N–H and O–H groups in total. The molecule has 0 atom stereocenters. The zero-order chi connectivity index (χ0) is 14.4. The molecule has 0 aromatic heterocycles. The molecule has 0 unspecified atom stereocenters. The molecule has 0 amide bonds. The van der Waals surface area contributed by atoms with Crippen molar-refractivity contribution in [3.63, 3.8) is 0 Å². The summed E-state index contributed by atoms with van der Waals surface area (Å²) in [6.07, 6.45) is 1.33. The molecule has 112 valence electrons. The molecule has 1 heterocycles. The average molecular weight is 344 g/mol. The van der Waals surface area contributed by atoms with Crippen LogP contribution < -0.4 is 14.8 Å². The minimum atomic E-state index is 0.309. The Labute approximate surface area is 128 Å². The Hall–Kier alpha value is -0.780. The van der Waals surface area contributed by atoms with E-state index >= 15 is 0 Å². The number of hydrogen-bond donors (Lipinski definition) is 1. The van der Waals surface area contributed by atoms with Crippen molar-refractivity contribution in [2.24, 2.45) is 0 Å². The maximum absolute atomic E-state index is 5.61. The number of halogens is 1. The fourth-order valence-corrected chi connectivity index (χ4v) is 2.62. The van der Waals surface area contributed by atoms with Gasteiger partial charge in [0.05, 0.1) is 10.6 Å².